The molecule has 0 aromatic carbocycles. The van der Waals surface area contributed by atoms with Gasteiger partial charge in [-0.05, 0) is 34.1 Å². The normalized spacial score (nSPS) is 12.7. The van der Waals surface area contributed by atoms with Crippen LogP contribution in [0, 0.1) is 0 Å². The van der Waals surface area contributed by atoms with Crippen LogP contribution in [0.1, 0.15) is 73.1 Å². The number of hydrogen-bond acceptors (Lipinski definition) is 3. The highest BCUT2D eigenvalue weighted by molar-refractivity contribution is 7.86. The third-order valence-corrected chi connectivity index (χ3v) is 5.56. The highest BCUT2D eigenvalue weighted by Gasteiger charge is 2.36. The SMILES string of the molecule is CCCCCCCC(F)(F)S(=O)(=O)[O-].CC[N+](CC)(CC)CC. The van der Waals surface area contributed by atoms with E-state index in [1.54, 1.807) is 0 Å². The molecule has 0 aromatic heterocycles. The predicted octanol–water partition coefficient (Wildman–Crippen LogP) is 4.37. The monoisotopic (exact) mass is 359 g/mol. The summed E-state index contributed by atoms with van der Waals surface area (Å²) in [7, 11) is -5.48. The van der Waals surface area contributed by atoms with Crippen molar-refractivity contribution in [2.45, 2.75) is 78.4 Å². The molecule has 0 heterocycles. The number of hydrogen-bond donors (Lipinski definition) is 0. The van der Waals surface area contributed by atoms with Gasteiger partial charge in [0.2, 0.25) is 0 Å². The van der Waals surface area contributed by atoms with Crippen molar-refractivity contribution >= 4 is 10.1 Å². The van der Waals surface area contributed by atoms with Crippen LogP contribution in [0.2, 0.25) is 0 Å². The topological polar surface area (TPSA) is 57.2 Å². The summed E-state index contributed by atoms with van der Waals surface area (Å²) in [6, 6.07) is 0. The largest absolute Gasteiger partial charge is 0.743 e. The lowest BCUT2D eigenvalue weighted by molar-refractivity contribution is -0.921. The van der Waals surface area contributed by atoms with E-state index in [-0.39, 0.29) is 6.42 Å². The van der Waals surface area contributed by atoms with Crippen LogP contribution in [0.15, 0.2) is 0 Å². The fraction of sp³-hybridized carbons (Fsp3) is 1.00. The Kier molecular flexibility index (Phi) is 13.2. The first-order chi connectivity index (χ1) is 10.6. The quantitative estimate of drug-likeness (QED) is 0.313. The van der Waals surface area contributed by atoms with E-state index in [1.165, 1.54) is 30.7 Å². The molecule has 0 fully saturated rings. The molecule has 7 heteroatoms. The number of halogens is 2. The van der Waals surface area contributed by atoms with Gasteiger partial charge in [-0.25, -0.2) is 8.42 Å². The number of rotatable bonds is 11. The van der Waals surface area contributed by atoms with Crippen molar-refractivity contribution in [1.82, 2.24) is 0 Å². The van der Waals surface area contributed by atoms with Gasteiger partial charge in [0, 0.05) is 6.42 Å². The maximum Gasteiger partial charge on any atom is 0.334 e. The van der Waals surface area contributed by atoms with Crippen LogP contribution in [0.5, 0.6) is 0 Å². The van der Waals surface area contributed by atoms with Gasteiger partial charge >= 0.3 is 5.25 Å². The maximum atomic E-state index is 12.5. The van der Waals surface area contributed by atoms with Crippen LogP contribution >= 0.6 is 0 Å². The Balaban J connectivity index is 0. The second-order valence-corrected chi connectivity index (χ2v) is 7.37. The Bertz CT molecular complexity index is 365. The Morgan fingerprint density at radius 1 is 0.826 bits per heavy atom. The minimum absolute atomic E-state index is 0.0778. The summed E-state index contributed by atoms with van der Waals surface area (Å²) in [6.07, 6.45) is 2.48. The predicted molar refractivity (Wildman–Crippen MR) is 90.4 cm³/mol. The maximum absolute atomic E-state index is 12.5. The van der Waals surface area contributed by atoms with Crippen LogP contribution in [0.3, 0.4) is 0 Å². The molecule has 23 heavy (non-hydrogen) atoms. The van der Waals surface area contributed by atoms with Crippen molar-refractivity contribution in [3.8, 4) is 0 Å². The van der Waals surface area contributed by atoms with Gasteiger partial charge in [0.25, 0.3) is 0 Å². The van der Waals surface area contributed by atoms with Crippen LogP contribution in [0.4, 0.5) is 8.78 Å². The van der Waals surface area contributed by atoms with E-state index in [2.05, 4.69) is 27.7 Å². The number of alkyl halides is 2. The van der Waals surface area contributed by atoms with Gasteiger partial charge in [0.1, 0.15) is 0 Å². The van der Waals surface area contributed by atoms with Crippen molar-refractivity contribution in [1.29, 1.82) is 0 Å². The van der Waals surface area contributed by atoms with Gasteiger partial charge in [0.05, 0.1) is 26.2 Å². The molecule has 0 aliphatic rings. The summed E-state index contributed by atoms with van der Waals surface area (Å²) < 4.78 is 56.6. The standard InChI is InChI=1S/C8H16F2O3S.C8H20N/c1-2-3-4-5-6-7-8(9,10)14(11,12)13;1-5-9(6-2,7-3)8-4/h2-7H2,1H3,(H,11,12,13);5-8H2,1-4H3/q;+1/p-1. The highest BCUT2D eigenvalue weighted by atomic mass is 32.2. The third kappa shape index (κ3) is 10.2. The lowest BCUT2D eigenvalue weighted by atomic mass is 10.1. The molecule has 0 amide bonds. The van der Waals surface area contributed by atoms with Crippen LogP contribution in [-0.2, 0) is 10.1 Å². The molecule has 4 nitrogen and oxygen atoms in total. The van der Waals surface area contributed by atoms with Crippen molar-refractivity contribution in [3.63, 3.8) is 0 Å². The molecule has 0 saturated carbocycles. The average molecular weight is 360 g/mol. The Labute approximate surface area is 141 Å². The van der Waals surface area contributed by atoms with Gasteiger partial charge in [-0.3, -0.25) is 0 Å². The molecule has 0 unspecified atom stereocenters. The van der Waals surface area contributed by atoms with Crippen LogP contribution < -0.4 is 0 Å². The van der Waals surface area contributed by atoms with Gasteiger partial charge in [-0.2, -0.15) is 8.78 Å². The fourth-order valence-corrected chi connectivity index (χ4v) is 2.80. The molecule has 0 aliphatic heterocycles. The molecule has 0 aliphatic carbocycles. The van der Waals surface area contributed by atoms with Crippen LogP contribution in [0.25, 0.3) is 0 Å². The second kappa shape index (κ2) is 12.1. The van der Waals surface area contributed by atoms with E-state index in [1.807, 2.05) is 6.92 Å². The van der Waals surface area contributed by atoms with Crippen molar-refractivity contribution < 1.29 is 26.2 Å². The molecule has 0 aromatic rings. The molecule has 0 atom stereocenters. The Morgan fingerprint density at radius 3 is 1.48 bits per heavy atom. The zero-order valence-corrected chi connectivity index (χ0v) is 16.2. The van der Waals surface area contributed by atoms with E-state index in [0.717, 1.165) is 19.3 Å². The molecule has 142 valence electrons. The first-order valence-corrected chi connectivity index (χ1v) is 10.1. The molecule has 0 N–H and O–H groups in total. The molecule has 0 rings (SSSR count). The molecule has 0 spiro atoms. The van der Waals surface area contributed by atoms with Crippen molar-refractivity contribution in [2.24, 2.45) is 0 Å². The summed E-state index contributed by atoms with van der Waals surface area (Å²) >= 11 is 0. The van der Waals surface area contributed by atoms with E-state index in [4.69, 9.17) is 0 Å². The number of unbranched alkanes of at least 4 members (excludes halogenated alkanes) is 4. The average Bonchev–Trinajstić information content (AvgIpc) is 2.49. The van der Waals surface area contributed by atoms with Crippen molar-refractivity contribution in [3.05, 3.63) is 0 Å². The Morgan fingerprint density at radius 2 is 1.22 bits per heavy atom. The number of nitrogens with zero attached hydrogens (tertiary/aromatic N) is 1. The van der Waals surface area contributed by atoms with E-state index >= 15 is 0 Å². The summed E-state index contributed by atoms with van der Waals surface area (Å²) in [4.78, 5) is 0. The van der Waals surface area contributed by atoms with Crippen molar-refractivity contribution in [2.75, 3.05) is 26.2 Å². The molecule has 0 saturated heterocycles. The molecule has 0 bridgehead atoms. The molecule has 0 radical (unpaired) electrons. The summed E-state index contributed by atoms with van der Waals surface area (Å²) in [6.45, 7) is 16.2. The molecular weight excluding hydrogens is 324 g/mol. The van der Waals surface area contributed by atoms with Gasteiger partial charge in [-0.1, -0.05) is 32.6 Å². The molecular formula is C16H35F2NO3S. The summed E-state index contributed by atoms with van der Waals surface area (Å²) in [5.41, 5.74) is 0. The summed E-state index contributed by atoms with van der Waals surface area (Å²) in [5, 5.41) is -4.10. The zero-order chi connectivity index (χ0) is 18.6. The summed E-state index contributed by atoms with van der Waals surface area (Å²) in [5.74, 6) is 0. The lowest BCUT2D eigenvalue weighted by Gasteiger charge is -2.34. The van der Waals surface area contributed by atoms with Gasteiger partial charge in [0.15, 0.2) is 10.1 Å². The first kappa shape index (κ1) is 25.0. The van der Waals surface area contributed by atoms with Gasteiger partial charge < -0.3 is 9.04 Å². The Hall–Kier alpha value is -0.270. The van der Waals surface area contributed by atoms with Gasteiger partial charge in [-0.15, -0.1) is 0 Å². The minimum atomic E-state index is -5.48. The third-order valence-electron chi connectivity index (χ3n) is 4.62. The van der Waals surface area contributed by atoms with E-state index in [0.29, 0.717) is 6.42 Å². The fourth-order valence-electron chi connectivity index (χ4n) is 2.40. The van der Waals surface area contributed by atoms with E-state index < -0.39 is 21.8 Å². The number of quaternary nitrogens is 1. The smallest absolute Gasteiger partial charge is 0.334 e. The van der Waals surface area contributed by atoms with E-state index in [9.17, 15) is 21.8 Å². The second-order valence-electron chi connectivity index (χ2n) is 5.86. The highest BCUT2D eigenvalue weighted by Crippen LogP contribution is 2.27. The zero-order valence-electron chi connectivity index (χ0n) is 15.4. The van der Waals surface area contributed by atoms with Crippen LogP contribution in [-0.4, -0.2) is 48.9 Å². The first-order valence-electron chi connectivity index (χ1n) is 8.74. The lowest BCUT2D eigenvalue weighted by Crippen LogP contribution is -2.47. The minimum Gasteiger partial charge on any atom is -0.743 e.